The molecule has 0 unspecified atom stereocenters. The van der Waals surface area contributed by atoms with Gasteiger partial charge in [-0.25, -0.2) is 4.79 Å². The second kappa shape index (κ2) is 7.68. The average molecular weight is 356 g/mol. The molecule has 0 saturated heterocycles. The maximum absolute atomic E-state index is 12.4. The third-order valence-electron chi connectivity index (χ3n) is 3.64. The van der Waals surface area contributed by atoms with Gasteiger partial charge in [-0.05, 0) is 25.5 Å². The fourth-order valence-electron chi connectivity index (χ4n) is 2.45. The first kappa shape index (κ1) is 17.5. The standard InChI is InChI=1S/C17H20N6O3/c1-3-5-9-26-16-21-14(18)13-15(22-16)23(17(24)20-13)10-11-12(25-4-2)7-6-8-19-11/h3,6-8H,1,4-5,9-10H2,2H3,(H,20,24)(H2,18,21,22). The molecule has 3 rings (SSSR count). The maximum Gasteiger partial charge on any atom is 0.328 e. The van der Waals surface area contributed by atoms with Gasteiger partial charge in [0.05, 0.1) is 19.8 Å². The molecule has 0 fully saturated rings. The lowest BCUT2D eigenvalue weighted by atomic mass is 10.3. The summed E-state index contributed by atoms with van der Waals surface area (Å²) < 4.78 is 12.5. The van der Waals surface area contributed by atoms with E-state index >= 15 is 0 Å². The molecule has 0 saturated carbocycles. The molecule has 0 aliphatic rings. The Balaban J connectivity index is 2.01. The van der Waals surface area contributed by atoms with Crippen LogP contribution in [0.4, 0.5) is 5.82 Å². The number of rotatable bonds is 8. The van der Waals surface area contributed by atoms with Gasteiger partial charge in [-0.15, -0.1) is 6.58 Å². The molecule has 0 radical (unpaired) electrons. The average Bonchev–Trinajstić information content (AvgIpc) is 2.94. The molecule has 26 heavy (non-hydrogen) atoms. The topological polar surface area (TPSA) is 121 Å². The van der Waals surface area contributed by atoms with Gasteiger partial charge in [-0.2, -0.15) is 9.97 Å². The van der Waals surface area contributed by atoms with E-state index in [0.717, 1.165) is 0 Å². The smallest absolute Gasteiger partial charge is 0.328 e. The minimum absolute atomic E-state index is 0.107. The Morgan fingerprint density at radius 3 is 3.00 bits per heavy atom. The van der Waals surface area contributed by atoms with Crippen molar-refractivity contribution in [3.8, 4) is 11.8 Å². The van der Waals surface area contributed by atoms with Crippen molar-refractivity contribution in [1.82, 2.24) is 24.5 Å². The van der Waals surface area contributed by atoms with Crippen LogP contribution >= 0.6 is 0 Å². The number of nitrogens with two attached hydrogens (primary N) is 1. The van der Waals surface area contributed by atoms with E-state index < -0.39 is 0 Å². The van der Waals surface area contributed by atoms with E-state index in [2.05, 4.69) is 26.5 Å². The second-order valence-electron chi connectivity index (χ2n) is 5.41. The minimum atomic E-state index is -0.364. The van der Waals surface area contributed by atoms with Gasteiger partial charge >= 0.3 is 11.7 Å². The van der Waals surface area contributed by atoms with Crippen molar-refractivity contribution in [3.05, 3.63) is 47.2 Å². The number of imidazole rings is 1. The van der Waals surface area contributed by atoms with E-state index in [-0.39, 0.29) is 24.1 Å². The van der Waals surface area contributed by atoms with E-state index in [4.69, 9.17) is 15.2 Å². The summed E-state index contributed by atoms with van der Waals surface area (Å²) in [7, 11) is 0. The molecule has 0 aromatic carbocycles. The number of pyridine rings is 1. The normalized spacial score (nSPS) is 10.8. The number of hydrogen-bond donors (Lipinski definition) is 2. The highest BCUT2D eigenvalue weighted by Gasteiger charge is 2.16. The van der Waals surface area contributed by atoms with Gasteiger partial charge in [-0.1, -0.05) is 6.08 Å². The number of anilines is 1. The van der Waals surface area contributed by atoms with Gasteiger partial charge in [0.15, 0.2) is 11.5 Å². The summed E-state index contributed by atoms with van der Waals surface area (Å²) in [5, 5.41) is 0. The number of H-pyrrole nitrogens is 1. The van der Waals surface area contributed by atoms with Crippen molar-refractivity contribution in [2.24, 2.45) is 0 Å². The third kappa shape index (κ3) is 3.51. The summed E-state index contributed by atoms with van der Waals surface area (Å²) in [6, 6.07) is 3.69. The van der Waals surface area contributed by atoms with Crippen LogP contribution in [0.2, 0.25) is 0 Å². The Bertz CT molecular complexity index is 978. The molecular formula is C17H20N6O3. The molecule has 0 spiro atoms. The molecule has 0 atom stereocenters. The van der Waals surface area contributed by atoms with Gasteiger partial charge < -0.3 is 20.2 Å². The number of nitrogens with one attached hydrogen (secondary N) is 1. The first-order chi connectivity index (χ1) is 12.6. The number of fused-ring (bicyclic) bond motifs is 1. The van der Waals surface area contributed by atoms with Crippen molar-refractivity contribution < 1.29 is 9.47 Å². The summed E-state index contributed by atoms with van der Waals surface area (Å²) in [4.78, 5) is 27.8. The third-order valence-corrected chi connectivity index (χ3v) is 3.64. The van der Waals surface area contributed by atoms with Crippen LogP contribution in [-0.4, -0.2) is 37.7 Å². The number of aromatic amines is 1. The first-order valence-corrected chi connectivity index (χ1v) is 8.20. The summed E-state index contributed by atoms with van der Waals surface area (Å²) in [6.45, 7) is 6.57. The highest BCUT2D eigenvalue weighted by atomic mass is 16.5. The molecular weight excluding hydrogens is 336 g/mol. The van der Waals surface area contributed by atoms with E-state index in [9.17, 15) is 4.79 Å². The molecule has 3 N–H and O–H groups in total. The second-order valence-corrected chi connectivity index (χ2v) is 5.41. The molecule has 3 aromatic rings. The van der Waals surface area contributed by atoms with Crippen LogP contribution in [0.15, 0.2) is 35.8 Å². The van der Waals surface area contributed by atoms with E-state index in [0.29, 0.717) is 42.2 Å². The van der Waals surface area contributed by atoms with Gasteiger partial charge in [-0.3, -0.25) is 9.55 Å². The van der Waals surface area contributed by atoms with Crippen LogP contribution in [-0.2, 0) is 6.54 Å². The van der Waals surface area contributed by atoms with E-state index in [1.165, 1.54) is 4.57 Å². The first-order valence-electron chi connectivity index (χ1n) is 8.20. The fraction of sp³-hybridized carbons (Fsp3) is 0.294. The number of nitrogen functional groups attached to an aromatic ring is 1. The van der Waals surface area contributed by atoms with Gasteiger partial charge in [0, 0.05) is 6.20 Å². The highest BCUT2D eigenvalue weighted by Crippen LogP contribution is 2.21. The zero-order chi connectivity index (χ0) is 18.5. The summed E-state index contributed by atoms with van der Waals surface area (Å²) in [5.74, 6) is 0.756. The van der Waals surface area contributed by atoms with Crippen LogP contribution in [0.5, 0.6) is 11.8 Å². The molecule has 0 aliphatic carbocycles. The van der Waals surface area contributed by atoms with Crippen LogP contribution in [0.3, 0.4) is 0 Å². The van der Waals surface area contributed by atoms with Gasteiger partial charge in [0.2, 0.25) is 0 Å². The van der Waals surface area contributed by atoms with E-state index in [1.807, 2.05) is 6.92 Å². The number of ether oxygens (including phenoxy) is 2. The number of hydrogen-bond acceptors (Lipinski definition) is 7. The maximum atomic E-state index is 12.4. The fourth-order valence-corrected chi connectivity index (χ4v) is 2.45. The molecule has 9 heteroatoms. The van der Waals surface area contributed by atoms with Crippen LogP contribution < -0.4 is 20.9 Å². The monoisotopic (exact) mass is 356 g/mol. The Morgan fingerprint density at radius 2 is 2.23 bits per heavy atom. The summed E-state index contributed by atoms with van der Waals surface area (Å²) >= 11 is 0. The lowest BCUT2D eigenvalue weighted by Gasteiger charge is -2.10. The van der Waals surface area contributed by atoms with Crippen LogP contribution in [0, 0.1) is 0 Å². The van der Waals surface area contributed by atoms with Crippen molar-refractivity contribution in [1.29, 1.82) is 0 Å². The quantitative estimate of drug-likeness (QED) is 0.463. The molecule has 136 valence electrons. The van der Waals surface area contributed by atoms with Crippen LogP contribution in [0.25, 0.3) is 11.2 Å². The highest BCUT2D eigenvalue weighted by molar-refractivity contribution is 5.81. The number of aromatic nitrogens is 5. The zero-order valence-corrected chi connectivity index (χ0v) is 14.4. The van der Waals surface area contributed by atoms with Crippen molar-refractivity contribution in [2.75, 3.05) is 18.9 Å². The van der Waals surface area contributed by atoms with Crippen LogP contribution in [0.1, 0.15) is 19.0 Å². The van der Waals surface area contributed by atoms with Gasteiger partial charge in [0.25, 0.3) is 0 Å². The zero-order valence-electron chi connectivity index (χ0n) is 14.4. The Kier molecular flexibility index (Phi) is 5.16. The van der Waals surface area contributed by atoms with Gasteiger partial charge in [0.1, 0.15) is 17.0 Å². The molecule has 0 aliphatic heterocycles. The molecule has 3 aromatic heterocycles. The van der Waals surface area contributed by atoms with Crippen molar-refractivity contribution in [2.45, 2.75) is 19.9 Å². The summed E-state index contributed by atoms with van der Waals surface area (Å²) in [6.07, 6.45) is 4.02. The van der Waals surface area contributed by atoms with E-state index in [1.54, 1.807) is 24.4 Å². The molecule has 3 heterocycles. The predicted octanol–water partition coefficient (Wildman–Crippen LogP) is 1.50. The SMILES string of the molecule is C=CCCOc1nc(N)c2[nH]c(=O)n(Cc3ncccc3OCC)c2n1. The minimum Gasteiger partial charge on any atom is -0.492 e. The molecule has 0 amide bonds. The largest absolute Gasteiger partial charge is 0.492 e. The predicted molar refractivity (Wildman–Crippen MR) is 97.4 cm³/mol. The molecule has 9 nitrogen and oxygen atoms in total. The van der Waals surface area contributed by atoms with Crippen molar-refractivity contribution >= 4 is 17.0 Å². The Labute approximate surface area is 149 Å². The van der Waals surface area contributed by atoms with Crippen molar-refractivity contribution in [3.63, 3.8) is 0 Å². The Morgan fingerprint density at radius 1 is 1.38 bits per heavy atom. The lowest BCUT2D eigenvalue weighted by Crippen LogP contribution is -2.19. The number of nitrogens with zero attached hydrogens (tertiary/aromatic N) is 4. The molecule has 0 bridgehead atoms. The summed E-state index contributed by atoms with van der Waals surface area (Å²) in [5.41, 5.74) is 6.90. The lowest BCUT2D eigenvalue weighted by molar-refractivity contribution is 0.300. The Hall–Kier alpha value is -3.36.